The standard InChI is InChI=1S/C24H27NO5S/c1-2-29-22-13-15-23(16-14-22)30-19-21(26)18-25(17-20-9-5-3-6-10-20)31(27,28)24-11-7-4-8-12-24/h3-16,21,26H,2,17-19H2,1H3/t21-/m0/s1. The molecule has 0 aliphatic carbocycles. The van der Waals surface area contributed by atoms with Gasteiger partial charge in [-0.3, -0.25) is 0 Å². The molecule has 0 fully saturated rings. The third-order valence-corrected chi connectivity index (χ3v) is 6.40. The second-order valence-electron chi connectivity index (χ2n) is 6.97. The van der Waals surface area contributed by atoms with Gasteiger partial charge in [-0.25, -0.2) is 8.42 Å². The van der Waals surface area contributed by atoms with E-state index in [4.69, 9.17) is 9.47 Å². The molecular formula is C24H27NO5S. The summed E-state index contributed by atoms with van der Waals surface area (Å²) in [5.41, 5.74) is 0.835. The van der Waals surface area contributed by atoms with Crippen LogP contribution in [0.25, 0.3) is 0 Å². The Kier molecular flexibility index (Phi) is 8.06. The molecule has 0 aromatic heterocycles. The molecule has 6 nitrogen and oxygen atoms in total. The Hall–Kier alpha value is -2.87. The molecule has 7 heteroatoms. The highest BCUT2D eigenvalue weighted by atomic mass is 32.2. The molecule has 164 valence electrons. The largest absolute Gasteiger partial charge is 0.494 e. The maximum Gasteiger partial charge on any atom is 0.243 e. The van der Waals surface area contributed by atoms with Crippen molar-refractivity contribution in [3.8, 4) is 11.5 Å². The van der Waals surface area contributed by atoms with Crippen molar-refractivity contribution in [3.05, 3.63) is 90.5 Å². The molecule has 31 heavy (non-hydrogen) atoms. The summed E-state index contributed by atoms with van der Waals surface area (Å²) in [6, 6.07) is 24.6. The predicted molar refractivity (Wildman–Crippen MR) is 120 cm³/mol. The van der Waals surface area contributed by atoms with Gasteiger partial charge in [0.1, 0.15) is 24.2 Å². The fourth-order valence-electron chi connectivity index (χ4n) is 3.06. The van der Waals surface area contributed by atoms with E-state index in [1.807, 2.05) is 37.3 Å². The van der Waals surface area contributed by atoms with E-state index < -0.39 is 16.1 Å². The van der Waals surface area contributed by atoms with Gasteiger partial charge >= 0.3 is 0 Å². The molecule has 0 aliphatic heterocycles. The van der Waals surface area contributed by atoms with Crippen LogP contribution < -0.4 is 9.47 Å². The Morgan fingerprint density at radius 3 is 1.97 bits per heavy atom. The average molecular weight is 442 g/mol. The third kappa shape index (κ3) is 6.55. The smallest absolute Gasteiger partial charge is 0.243 e. The van der Waals surface area contributed by atoms with Crippen molar-refractivity contribution < 1.29 is 23.0 Å². The van der Waals surface area contributed by atoms with Gasteiger partial charge in [0, 0.05) is 13.1 Å². The van der Waals surface area contributed by atoms with Crippen LogP contribution in [0, 0.1) is 0 Å². The molecule has 3 aromatic rings. The van der Waals surface area contributed by atoms with Gasteiger partial charge in [-0.05, 0) is 48.9 Å². The Morgan fingerprint density at radius 2 is 1.39 bits per heavy atom. The Bertz CT molecular complexity index is 1020. The van der Waals surface area contributed by atoms with Gasteiger partial charge in [0.25, 0.3) is 0 Å². The first-order valence-corrected chi connectivity index (χ1v) is 11.6. The summed E-state index contributed by atoms with van der Waals surface area (Å²) in [6.07, 6.45) is -1.01. The van der Waals surface area contributed by atoms with E-state index in [0.717, 1.165) is 11.3 Å². The Labute approximate surface area is 183 Å². The molecule has 0 aliphatic rings. The molecule has 1 N–H and O–H groups in total. The molecule has 0 spiro atoms. The molecule has 0 amide bonds. The third-order valence-electron chi connectivity index (χ3n) is 4.57. The van der Waals surface area contributed by atoms with E-state index in [1.165, 1.54) is 4.31 Å². The monoisotopic (exact) mass is 441 g/mol. The topological polar surface area (TPSA) is 76.1 Å². The van der Waals surface area contributed by atoms with Crippen molar-refractivity contribution >= 4 is 10.0 Å². The normalized spacial score (nSPS) is 12.5. The maximum absolute atomic E-state index is 13.2. The fourth-order valence-corrected chi connectivity index (χ4v) is 4.54. The van der Waals surface area contributed by atoms with Gasteiger partial charge in [0.15, 0.2) is 0 Å². The summed E-state index contributed by atoms with van der Waals surface area (Å²) in [6.45, 7) is 2.50. The van der Waals surface area contributed by atoms with Gasteiger partial charge < -0.3 is 14.6 Å². The highest BCUT2D eigenvalue weighted by Crippen LogP contribution is 2.20. The van der Waals surface area contributed by atoms with Crippen LogP contribution in [0.2, 0.25) is 0 Å². The number of rotatable bonds is 11. The average Bonchev–Trinajstić information content (AvgIpc) is 2.80. The van der Waals surface area contributed by atoms with E-state index in [1.54, 1.807) is 54.6 Å². The molecule has 0 radical (unpaired) electrons. The zero-order chi connectivity index (χ0) is 22.1. The zero-order valence-electron chi connectivity index (χ0n) is 17.4. The van der Waals surface area contributed by atoms with Gasteiger partial charge in [-0.1, -0.05) is 48.5 Å². The van der Waals surface area contributed by atoms with Crippen molar-refractivity contribution in [2.45, 2.75) is 24.5 Å². The second-order valence-corrected chi connectivity index (χ2v) is 8.90. The molecule has 0 heterocycles. The van der Waals surface area contributed by atoms with E-state index >= 15 is 0 Å². The lowest BCUT2D eigenvalue weighted by molar-refractivity contribution is 0.0880. The summed E-state index contributed by atoms with van der Waals surface area (Å²) >= 11 is 0. The molecule has 0 bridgehead atoms. The summed E-state index contributed by atoms with van der Waals surface area (Å²) in [4.78, 5) is 0.186. The Morgan fingerprint density at radius 1 is 0.839 bits per heavy atom. The number of hydrogen-bond acceptors (Lipinski definition) is 5. The number of aliphatic hydroxyl groups excluding tert-OH is 1. The first-order valence-electron chi connectivity index (χ1n) is 10.1. The van der Waals surface area contributed by atoms with Crippen LogP contribution in [0.3, 0.4) is 0 Å². The van der Waals surface area contributed by atoms with Crippen molar-refractivity contribution in [1.29, 1.82) is 0 Å². The molecule has 0 unspecified atom stereocenters. The highest BCUT2D eigenvalue weighted by molar-refractivity contribution is 7.89. The van der Waals surface area contributed by atoms with Crippen LogP contribution in [0.1, 0.15) is 12.5 Å². The van der Waals surface area contributed by atoms with Crippen LogP contribution >= 0.6 is 0 Å². The molecule has 3 rings (SSSR count). The van der Waals surface area contributed by atoms with Crippen molar-refractivity contribution in [3.63, 3.8) is 0 Å². The summed E-state index contributed by atoms with van der Waals surface area (Å²) < 4.78 is 38.7. The van der Waals surface area contributed by atoms with Crippen LogP contribution in [0.15, 0.2) is 89.8 Å². The van der Waals surface area contributed by atoms with Crippen LogP contribution in [-0.4, -0.2) is 43.7 Å². The minimum Gasteiger partial charge on any atom is -0.494 e. The number of aliphatic hydroxyl groups is 1. The first-order chi connectivity index (χ1) is 15.0. The lowest BCUT2D eigenvalue weighted by Crippen LogP contribution is -2.39. The fraction of sp³-hybridized carbons (Fsp3) is 0.250. The molecule has 0 saturated heterocycles. The van der Waals surface area contributed by atoms with Crippen LogP contribution in [-0.2, 0) is 16.6 Å². The molecular weight excluding hydrogens is 414 g/mol. The summed E-state index contributed by atoms with van der Waals surface area (Å²) in [5.74, 6) is 1.31. The minimum absolute atomic E-state index is 0.0381. The number of nitrogens with zero attached hydrogens (tertiary/aromatic N) is 1. The van der Waals surface area contributed by atoms with E-state index in [-0.39, 0.29) is 24.6 Å². The zero-order valence-corrected chi connectivity index (χ0v) is 18.2. The van der Waals surface area contributed by atoms with Gasteiger partial charge in [0.2, 0.25) is 10.0 Å². The van der Waals surface area contributed by atoms with Crippen molar-refractivity contribution in [1.82, 2.24) is 4.31 Å². The summed E-state index contributed by atoms with van der Waals surface area (Å²) in [7, 11) is -3.79. The molecule has 3 aromatic carbocycles. The summed E-state index contributed by atoms with van der Waals surface area (Å²) in [5, 5.41) is 10.6. The second kappa shape index (κ2) is 10.9. The lowest BCUT2D eigenvalue weighted by Gasteiger charge is -2.25. The van der Waals surface area contributed by atoms with E-state index in [0.29, 0.717) is 12.4 Å². The lowest BCUT2D eigenvalue weighted by atomic mass is 10.2. The number of benzene rings is 3. The first kappa shape index (κ1) is 22.8. The van der Waals surface area contributed by atoms with Crippen molar-refractivity contribution in [2.24, 2.45) is 0 Å². The van der Waals surface area contributed by atoms with Gasteiger partial charge in [-0.2, -0.15) is 4.31 Å². The highest BCUT2D eigenvalue weighted by Gasteiger charge is 2.27. The number of hydrogen-bond donors (Lipinski definition) is 1. The maximum atomic E-state index is 13.2. The van der Waals surface area contributed by atoms with Crippen LogP contribution in [0.5, 0.6) is 11.5 Å². The quantitative estimate of drug-likeness (QED) is 0.491. The van der Waals surface area contributed by atoms with Crippen LogP contribution in [0.4, 0.5) is 0 Å². The van der Waals surface area contributed by atoms with Gasteiger partial charge in [-0.15, -0.1) is 0 Å². The van der Waals surface area contributed by atoms with Crippen molar-refractivity contribution in [2.75, 3.05) is 19.8 Å². The van der Waals surface area contributed by atoms with E-state index in [2.05, 4.69) is 0 Å². The molecule has 1 atom stereocenters. The SMILES string of the molecule is CCOc1ccc(OC[C@@H](O)CN(Cc2ccccc2)S(=O)(=O)c2ccccc2)cc1. The minimum atomic E-state index is -3.79. The predicted octanol–water partition coefficient (Wildman–Crippen LogP) is 3.72. The number of sulfonamides is 1. The Balaban J connectivity index is 1.70. The number of ether oxygens (including phenoxy) is 2. The van der Waals surface area contributed by atoms with E-state index in [9.17, 15) is 13.5 Å². The van der Waals surface area contributed by atoms with Gasteiger partial charge in [0.05, 0.1) is 11.5 Å². The molecule has 0 saturated carbocycles.